The second kappa shape index (κ2) is 7.05. The number of nitrogens with zero attached hydrogens (tertiary/aromatic N) is 2. The Bertz CT molecular complexity index is 538. The van der Waals surface area contributed by atoms with Gasteiger partial charge >= 0.3 is 6.01 Å². The van der Waals surface area contributed by atoms with E-state index >= 15 is 0 Å². The molecular weight excluding hydrogens is 252 g/mol. The van der Waals surface area contributed by atoms with Gasteiger partial charge in [-0.2, -0.15) is 0 Å². The number of aryl methyl sites for hydroxylation is 1. The smallest absolute Gasteiger partial charge is 0.315 e. The summed E-state index contributed by atoms with van der Waals surface area (Å²) in [5.41, 5.74) is 2.48. The van der Waals surface area contributed by atoms with Crippen molar-refractivity contribution in [3.05, 3.63) is 41.3 Å². The molecule has 0 aliphatic heterocycles. The van der Waals surface area contributed by atoms with Gasteiger partial charge in [-0.25, -0.2) is 0 Å². The van der Waals surface area contributed by atoms with Crippen molar-refractivity contribution in [2.45, 2.75) is 39.8 Å². The Morgan fingerprint density at radius 2 is 2.05 bits per heavy atom. The third-order valence-corrected chi connectivity index (χ3v) is 3.16. The topological polar surface area (TPSA) is 63.0 Å². The molecule has 1 atom stereocenters. The fourth-order valence-electron chi connectivity index (χ4n) is 2.09. The highest BCUT2D eigenvalue weighted by Crippen LogP contribution is 2.21. The number of rotatable bonds is 7. The first kappa shape index (κ1) is 14.5. The van der Waals surface area contributed by atoms with Crippen LogP contribution < -0.4 is 10.6 Å². The van der Waals surface area contributed by atoms with E-state index < -0.39 is 0 Å². The lowest BCUT2D eigenvalue weighted by Gasteiger charge is -2.14. The summed E-state index contributed by atoms with van der Waals surface area (Å²) in [5, 5.41) is 14.5. The van der Waals surface area contributed by atoms with Crippen molar-refractivity contribution in [2.75, 3.05) is 11.9 Å². The van der Waals surface area contributed by atoms with Gasteiger partial charge in [-0.1, -0.05) is 36.3 Å². The zero-order valence-electron chi connectivity index (χ0n) is 12.3. The van der Waals surface area contributed by atoms with Crippen molar-refractivity contribution in [1.82, 2.24) is 15.5 Å². The highest BCUT2D eigenvalue weighted by atomic mass is 16.4. The molecule has 2 N–H and O–H groups in total. The number of aromatic nitrogens is 2. The van der Waals surface area contributed by atoms with Crippen LogP contribution in [-0.2, 0) is 6.54 Å². The van der Waals surface area contributed by atoms with E-state index in [4.69, 9.17) is 4.42 Å². The van der Waals surface area contributed by atoms with Gasteiger partial charge in [0.05, 0.1) is 12.6 Å². The minimum Gasteiger partial charge on any atom is -0.407 e. The average molecular weight is 274 g/mol. The first-order valence-electron chi connectivity index (χ1n) is 7.06. The van der Waals surface area contributed by atoms with Gasteiger partial charge in [0.15, 0.2) is 0 Å². The number of anilines is 1. The van der Waals surface area contributed by atoms with Crippen LogP contribution in [0.2, 0.25) is 0 Å². The summed E-state index contributed by atoms with van der Waals surface area (Å²) < 4.78 is 5.57. The molecule has 108 valence electrons. The first-order valence-corrected chi connectivity index (χ1v) is 7.06. The van der Waals surface area contributed by atoms with Gasteiger partial charge < -0.3 is 15.1 Å². The molecular formula is C15H22N4O. The van der Waals surface area contributed by atoms with Crippen LogP contribution >= 0.6 is 0 Å². The highest BCUT2D eigenvalue weighted by Gasteiger charge is 2.12. The summed E-state index contributed by atoms with van der Waals surface area (Å²) >= 11 is 0. The van der Waals surface area contributed by atoms with Gasteiger partial charge in [-0.15, -0.1) is 5.10 Å². The minimum atomic E-state index is 0.133. The maximum absolute atomic E-state index is 5.57. The quantitative estimate of drug-likeness (QED) is 0.760. The van der Waals surface area contributed by atoms with E-state index in [0.29, 0.717) is 18.5 Å². The average Bonchev–Trinajstić information content (AvgIpc) is 2.87. The number of nitrogens with one attached hydrogen (secondary N) is 2. The molecule has 0 aliphatic rings. The molecule has 20 heavy (non-hydrogen) atoms. The van der Waals surface area contributed by atoms with Crippen molar-refractivity contribution in [2.24, 2.45) is 0 Å². The fraction of sp³-hybridized carbons (Fsp3) is 0.467. The minimum absolute atomic E-state index is 0.133. The monoisotopic (exact) mass is 274 g/mol. The molecule has 0 spiro atoms. The van der Waals surface area contributed by atoms with E-state index in [1.165, 1.54) is 11.1 Å². The molecule has 0 aliphatic carbocycles. The lowest BCUT2D eigenvalue weighted by atomic mass is 10.0. The van der Waals surface area contributed by atoms with Crippen LogP contribution in [0.25, 0.3) is 0 Å². The van der Waals surface area contributed by atoms with Crippen LogP contribution in [0.5, 0.6) is 0 Å². The Morgan fingerprint density at radius 3 is 2.80 bits per heavy atom. The second-order valence-corrected chi connectivity index (χ2v) is 4.90. The van der Waals surface area contributed by atoms with Crippen LogP contribution in [0.4, 0.5) is 6.01 Å². The molecule has 2 rings (SSSR count). The molecule has 0 amide bonds. The Labute approximate surface area is 119 Å². The first-order chi connectivity index (χ1) is 9.70. The van der Waals surface area contributed by atoms with E-state index in [0.717, 1.165) is 13.0 Å². The molecule has 1 unspecified atom stereocenters. The van der Waals surface area contributed by atoms with Crippen molar-refractivity contribution >= 4 is 6.01 Å². The van der Waals surface area contributed by atoms with Gasteiger partial charge in [0, 0.05) is 0 Å². The molecule has 5 nitrogen and oxygen atoms in total. The Morgan fingerprint density at radius 1 is 1.25 bits per heavy atom. The van der Waals surface area contributed by atoms with Crippen LogP contribution in [0.3, 0.4) is 0 Å². The molecule has 0 radical (unpaired) electrons. The molecule has 0 fully saturated rings. The van der Waals surface area contributed by atoms with E-state index in [1.807, 2.05) is 12.1 Å². The van der Waals surface area contributed by atoms with E-state index in [2.05, 4.69) is 53.7 Å². The maximum atomic E-state index is 5.57. The van der Waals surface area contributed by atoms with Gasteiger partial charge in [0.1, 0.15) is 0 Å². The van der Waals surface area contributed by atoms with E-state index in [9.17, 15) is 0 Å². The summed E-state index contributed by atoms with van der Waals surface area (Å²) in [6, 6.07) is 8.88. The number of benzene rings is 1. The van der Waals surface area contributed by atoms with Gasteiger partial charge in [-0.3, -0.25) is 0 Å². The Hall–Kier alpha value is -1.88. The molecule has 0 bridgehead atoms. The predicted molar refractivity (Wildman–Crippen MR) is 79.5 cm³/mol. The van der Waals surface area contributed by atoms with Gasteiger partial charge in [-0.05, 0) is 37.9 Å². The Balaban J connectivity index is 1.95. The van der Waals surface area contributed by atoms with Crippen molar-refractivity contribution in [3.63, 3.8) is 0 Å². The van der Waals surface area contributed by atoms with Crippen LogP contribution in [0.15, 0.2) is 28.7 Å². The number of hydrogen-bond donors (Lipinski definition) is 2. The lowest BCUT2D eigenvalue weighted by molar-refractivity contribution is 0.474. The molecule has 0 saturated carbocycles. The largest absolute Gasteiger partial charge is 0.407 e. The lowest BCUT2D eigenvalue weighted by Crippen LogP contribution is -2.13. The molecule has 5 heteroatoms. The zero-order chi connectivity index (χ0) is 14.4. The molecule has 0 saturated heterocycles. The predicted octanol–water partition coefficient (Wildman–Crippen LogP) is 3.05. The van der Waals surface area contributed by atoms with Crippen LogP contribution in [-0.4, -0.2) is 16.7 Å². The van der Waals surface area contributed by atoms with Crippen LogP contribution in [0, 0.1) is 6.92 Å². The summed E-state index contributed by atoms with van der Waals surface area (Å²) in [6.45, 7) is 7.87. The molecule has 1 aromatic heterocycles. The van der Waals surface area contributed by atoms with Crippen molar-refractivity contribution < 1.29 is 4.42 Å². The highest BCUT2D eigenvalue weighted by molar-refractivity contribution is 5.33. The van der Waals surface area contributed by atoms with E-state index in [1.54, 1.807) is 0 Å². The third kappa shape index (κ3) is 3.81. The summed E-state index contributed by atoms with van der Waals surface area (Å²) in [5.74, 6) is 0.609. The second-order valence-electron chi connectivity index (χ2n) is 4.90. The standard InChI is InChI=1S/C15H22N4O/c1-4-9-16-10-14-18-19-15(20-14)17-12(3)13-8-6-5-7-11(13)2/h5-8,12,16H,4,9-10H2,1-3H3,(H,17,19). The summed E-state index contributed by atoms with van der Waals surface area (Å²) in [6.07, 6.45) is 1.09. The third-order valence-electron chi connectivity index (χ3n) is 3.16. The molecule has 2 aromatic rings. The van der Waals surface area contributed by atoms with E-state index in [-0.39, 0.29) is 6.04 Å². The summed E-state index contributed by atoms with van der Waals surface area (Å²) in [4.78, 5) is 0. The van der Waals surface area contributed by atoms with Crippen molar-refractivity contribution in [3.8, 4) is 0 Å². The van der Waals surface area contributed by atoms with Gasteiger partial charge in [0.2, 0.25) is 5.89 Å². The number of hydrogen-bond acceptors (Lipinski definition) is 5. The normalized spacial score (nSPS) is 12.3. The van der Waals surface area contributed by atoms with Gasteiger partial charge in [0.25, 0.3) is 0 Å². The molecule has 1 aromatic carbocycles. The molecule has 1 heterocycles. The maximum Gasteiger partial charge on any atom is 0.315 e. The zero-order valence-corrected chi connectivity index (χ0v) is 12.3. The van der Waals surface area contributed by atoms with Crippen molar-refractivity contribution in [1.29, 1.82) is 0 Å². The fourth-order valence-corrected chi connectivity index (χ4v) is 2.09. The SMILES string of the molecule is CCCNCc1nnc(NC(C)c2ccccc2C)o1. The van der Waals surface area contributed by atoms with Crippen LogP contribution in [0.1, 0.15) is 43.3 Å². The Kier molecular flexibility index (Phi) is 5.12. The summed E-state index contributed by atoms with van der Waals surface area (Å²) in [7, 11) is 0.